The molecule has 1 amide bonds. The van der Waals surface area contributed by atoms with E-state index in [1.54, 1.807) is 17.0 Å². The number of amides is 1. The van der Waals surface area contributed by atoms with Gasteiger partial charge >= 0.3 is 0 Å². The molecule has 3 rings (SSSR count). The molecule has 0 spiro atoms. The van der Waals surface area contributed by atoms with Gasteiger partial charge in [0.05, 0.1) is 19.1 Å². The molecule has 0 unspecified atom stereocenters. The number of hydrogen-bond donors (Lipinski definition) is 0. The SMILES string of the molecule is O=C(c1ccccc1)[C@@H](CC(=O)N1CCOCC1)c1ccccc1. The quantitative estimate of drug-likeness (QED) is 0.795. The molecule has 0 N–H and O–H groups in total. The lowest BCUT2D eigenvalue weighted by Crippen LogP contribution is -2.41. The molecule has 4 heteroatoms. The molecule has 0 saturated carbocycles. The molecule has 1 fully saturated rings. The summed E-state index contributed by atoms with van der Waals surface area (Å²) in [6.45, 7) is 2.32. The third kappa shape index (κ3) is 3.89. The van der Waals surface area contributed by atoms with Crippen LogP contribution >= 0.6 is 0 Å². The second-order valence-corrected chi connectivity index (χ2v) is 5.89. The molecule has 2 aromatic rings. The van der Waals surface area contributed by atoms with Crippen molar-refractivity contribution < 1.29 is 14.3 Å². The number of ether oxygens (including phenoxy) is 1. The number of morpholine rings is 1. The highest BCUT2D eigenvalue weighted by atomic mass is 16.5. The fraction of sp³-hybridized carbons (Fsp3) is 0.300. The third-order valence-electron chi connectivity index (χ3n) is 4.32. The minimum absolute atomic E-state index is 0.0106. The van der Waals surface area contributed by atoms with Crippen molar-refractivity contribution in [3.05, 3.63) is 71.8 Å². The number of hydrogen-bond acceptors (Lipinski definition) is 3. The van der Waals surface area contributed by atoms with Crippen molar-refractivity contribution in [1.82, 2.24) is 4.90 Å². The van der Waals surface area contributed by atoms with Crippen LogP contribution in [0.1, 0.15) is 28.3 Å². The molecule has 0 bridgehead atoms. The van der Waals surface area contributed by atoms with Gasteiger partial charge in [0.1, 0.15) is 0 Å². The van der Waals surface area contributed by atoms with Crippen molar-refractivity contribution in [3.8, 4) is 0 Å². The van der Waals surface area contributed by atoms with E-state index >= 15 is 0 Å². The molecule has 2 aromatic carbocycles. The Balaban J connectivity index is 1.82. The Hall–Kier alpha value is -2.46. The highest BCUT2D eigenvalue weighted by Gasteiger charge is 2.27. The average molecular weight is 323 g/mol. The van der Waals surface area contributed by atoms with Crippen LogP contribution in [0, 0.1) is 0 Å². The van der Waals surface area contributed by atoms with Crippen LogP contribution in [0.2, 0.25) is 0 Å². The van der Waals surface area contributed by atoms with Crippen LogP contribution < -0.4 is 0 Å². The summed E-state index contributed by atoms with van der Waals surface area (Å²) in [4.78, 5) is 27.4. The van der Waals surface area contributed by atoms with E-state index in [-0.39, 0.29) is 18.1 Å². The summed E-state index contributed by atoms with van der Waals surface area (Å²) in [6.07, 6.45) is 0.192. The van der Waals surface area contributed by atoms with Gasteiger partial charge in [0, 0.05) is 25.1 Å². The molecule has 1 aliphatic heterocycles. The molecule has 0 aliphatic carbocycles. The van der Waals surface area contributed by atoms with Gasteiger partial charge in [0.2, 0.25) is 5.91 Å². The van der Waals surface area contributed by atoms with Crippen molar-refractivity contribution in [1.29, 1.82) is 0 Å². The van der Waals surface area contributed by atoms with Gasteiger partial charge in [-0.2, -0.15) is 0 Å². The van der Waals surface area contributed by atoms with Gasteiger partial charge in [-0.15, -0.1) is 0 Å². The lowest BCUT2D eigenvalue weighted by atomic mass is 9.87. The van der Waals surface area contributed by atoms with Crippen molar-refractivity contribution >= 4 is 11.7 Å². The molecule has 1 heterocycles. The van der Waals surface area contributed by atoms with E-state index in [0.717, 1.165) is 5.56 Å². The van der Waals surface area contributed by atoms with Crippen LogP contribution in [0.4, 0.5) is 0 Å². The highest BCUT2D eigenvalue weighted by molar-refractivity contribution is 6.03. The molecule has 0 aromatic heterocycles. The van der Waals surface area contributed by atoms with E-state index in [2.05, 4.69) is 0 Å². The minimum Gasteiger partial charge on any atom is -0.378 e. The predicted octanol–water partition coefficient (Wildman–Crippen LogP) is 2.90. The van der Waals surface area contributed by atoms with Gasteiger partial charge < -0.3 is 9.64 Å². The summed E-state index contributed by atoms with van der Waals surface area (Å²) in [6, 6.07) is 18.7. The molecular formula is C20H21NO3. The lowest BCUT2D eigenvalue weighted by Gasteiger charge is -2.28. The number of Topliss-reactive ketones (excluding diaryl/α,β-unsaturated/α-hetero) is 1. The first kappa shape index (κ1) is 16.4. The van der Waals surface area contributed by atoms with Crippen LogP contribution in [-0.4, -0.2) is 42.9 Å². The van der Waals surface area contributed by atoms with E-state index in [9.17, 15) is 9.59 Å². The smallest absolute Gasteiger partial charge is 0.223 e. The van der Waals surface area contributed by atoms with Crippen LogP contribution in [0.3, 0.4) is 0 Å². The molecule has 1 aliphatic rings. The van der Waals surface area contributed by atoms with Gasteiger partial charge in [-0.1, -0.05) is 60.7 Å². The maximum atomic E-state index is 13.0. The Morgan fingerprint density at radius 3 is 2.12 bits per heavy atom. The van der Waals surface area contributed by atoms with Crippen LogP contribution in [0.15, 0.2) is 60.7 Å². The van der Waals surface area contributed by atoms with Crippen molar-refractivity contribution in [2.45, 2.75) is 12.3 Å². The summed E-state index contributed by atoms with van der Waals surface area (Å²) >= 11 is 0. The molecule has 1 atom stereocenters. The van der Waals surface area contributed by atoms with Crippen molar-refractivity contribution in [2.24, 2.45) is 0 Å². The normalized spacial score (nSPS) is 15.8. The van der Waals surface area contributed by atoms with Crippen molar-refractivity contribution in [3.63, 3.8) is 0 Å². The minimum atomic E-state index is -0.455. The van der Waals surface area contributed by atoms with Gasteiger partial charge in [-0.3, -0.25) is 9.59 Å². The summed E-state index contributed by atoms with van der Waals surface area (Å²) in [5.74, 6) is -0.455. The molecule has 124 valence electrons. The monoisotopic (exact) mass is 323 g/mol. The number of benzene rings is 2. The Bertz CT molecular complexity index is 679. The van der Waals surface area contributed by atoms with Crippen LogP contribution in [0.5, 0.6) is 0 Å². The van der Waals surface area contributed by atoms with Crippen LogP contribution in [-0.2, 0) is 9.53 Å². The Labute approximate surface area is 142 Å². The number of carbonyl (C=O) groups excluding carboxylic acids is 2. The molecule has 24 heavy (non-hydrogen) atoms. The summed E-state index contributed by atoms with van der Waals surface area (Å²) in [5, 5.41) is 0. The Kier molecular flexibility index (Phi) is 5.39. The van der Waals surface area contributed by atoms with E-state index < -0.39 is 5.92 Å². The molecular weight excluding hydrogens is 302 g/mol. The number of rotatable bonds is 5. The molecule has 0 radical (unpaired) electrons. The maximum Gasteiger partial charge on any atom is 0.223 e. The van der Waals surface area contributed by atoms with Gasteiger partial charge in [-0.05, 0) is 5.56 Å². The number of ketones is 1. The predicted molar refractivity (Wildman–Crippen MR) is 92.0 cm³/mol. The Morgan fingerprint density at radius 2 is 1.50 bits per heavy atom. The van der Waals surface area contributed by atoms with E-state index in [1.807, 2.05) is 48.5 Å². The zero-order valence-electron chi connectivity index (χ0n) is 13.6. The first-order valence-corrected chi connectivity index (χ1v) is 8.25. The zero-order valence-corrected chi connectivity index (χ0v) is 13.6. The fourth-order valence-corrected chi connectivity index (χ4v) is 2.97. The first-order chi connectivity index (χ1) is 11.8. The third-order valence-corrected chi connectivity index (χ3v) is 4.32. The van der Waals surface area contributed by atoms with Crippen molar-refractivity contribution in [2.75, 3.05) is 26.3 Å². The summed E-state index contributed by atoms with van der Waals surface area (Å²) in [7, 11) is 0. The topological polar surface area (TPSA) is 46.6 Å². The lowest BCUT2D eigenvalue weighted by molar-refractivity contribution is -0.135. The largest absolute Gasteiger partial charge is 0.378 e. The van der Waals surface area contributed by atoms with Gasteiger partial charge in [0.25, 0.3) is 0 Å². The summed E-state index contributed by atoms with van der Waals surface area (Å²) < 4.78 is 5.30. The molecule has 4 nitrogen and oxygen atoms in total. The van der Waals surface area contributed by atoms with Gasteiger partial charge in [0.15, 0.2) is 5.78 Å². The zero-order chi connectivity index (χ0) is 16.8. The van der Waals surface area contributed by atoms with E-state index in [1.165, 1.54) is 0 Å². The fourth-order valence-electron chi connectivity index (χ4n) is 2.97. The Morgan fingerprint density at radius 1 is 0.917 bits per heavy atom. The van der Waals surface area contributed by atoms with Crippen LogP contribution in [0.25, 0.3) is 0 Å². The van der Waals surface area contributed by atoms with Gasteiger partial charge in [-0.25, -0.2) is 0 Å². The second kappa shape index (κ2) is 7.88. The number of nitrogens with zero attached hydrogens (tertiary/aromatic N) is 1. The maximum absolute atomic E-state index is 13.0. The average Bonchev–Trinajstić information content (AvgIpc) is 2.67. The molecule has 1 saturated heterocycles. The number of carbonyl (C=O) groups is 2. The second-order valence-electron chi connectivity index (χ2n) is 5.89. The summed E-state index contributed by atoms with van der Waals surface area (Å²) in [5.41, 5.74) is 1.52. The standard InChI is InChI=1S/C20H21NO3/c22-19(21-11-13-24-14-12-21)15-18(16-7-3-1-4-8-16)20(23)17-9-5-2-6-10-17/h1-10,18H,11-15H2/t18-/m0/s1. The van der Waals surface area contributed by atoms with E-state index in [0.29, 0.717) is 31.9 Å². The highest BCUT2D eigenvalue weighted by Crippen LogP contribution is 2.25. The van der Waals surface area contributed by atoms with E-state index in [4.69, 9.17) is 4.74 Å². The first-order valence-electron chi connectivity index (χ1n) is 8.25.